The molecule has 1 aliphatic heterocycles. The van der Waals surface area contributed by atoms with Crippen molar-refractivity contribution < 1.29 is 24.6 Å². The average molecular weight is 463 g/mol. The standard InChI is InChI=1S/C15H21N5O8S2/c1-2-28-15(29,17-5-3-16(4-6-17)7-8-21)30-14-12(19(24)25)9-11(18(22)23)10-13(14)20(26)27/h9-10,21,29H,2-8H2,1H3. The van der Waals surface area contributed by atoms with Gasteiger partial charge in [0.05, 0.1) is 33.5 Å². The summed E-state index contributed by atoms with van der Waals surface area (Å²) in [5.74, 6) is 0. The first-order chi connectivity index (χ1) is 14.1. The lowest BCUT2D eigenvalue weighted by molar-refractivity contribution is -0.407. The van der Waals surface area contributed by atoms with Crippen LogP contribution in [-0.4, -0.2) is 80.0 Å². The number of nitro groups is 3. The number of ether oxygens (including phenoxy) is 1. The predicted molar refractivity (Wildman–Crippen MR) is 111 cm³/mol. The van der Waals surface area contributed by atoms with Gasteiger partial charge >= 0.3 is 0 Å². The van der Waals surface area contributed by atoms with E-state index in [1.807, 2.05) is 4.90 Å². The van der Waals surface area contributed by atoms with E-state index in [9.17, 15) is 30.3 Å². The van der Waals surface area contributed by atoms with Gasteiger partial charge in [0.1, 0.15) is 0 Å². The molecule has 0 radical (unpaired) electrons. The fourth-order valence-electron chi connectivity index (χ4n) is 2.97. The number of aliphatic hydroxyl groups is 1. The van der Waals surface area contributed by atoms with E-state index in [2.05, 4.69) is 12.6 Å². The molecule has 0 amide bonds. The van der Waals surface area contributed by atoms with Gasteiger partial charge in [-0.05, 0) is 18.7 Å². The van der Waals surface area contributed by atoms with E-state index in [-0.39, 0.29) is 18.1 Å². The van der Waals surface area contributed by atoms with Gasteiger partial charge in [-0.3, -0.25) is 40.1 Å². The van der Waals surface area contributed by atoms with Crippen molar-refractivity contribution >= 4 is 41.5 Å². The minimum Gasteiger partial charge on any atom is -0.395 e. The first-order valence-corrected chi connectivity index (χ1v) is 10.1. The Bertz CT molecular complexity index is 785. The fraction of sp³-hybridized carbons (Fsp3) is 0.600. The van der Waals surface area contributed by atoms with Gasteiger partial charge in [0.25, 0.3) is 17.1 Å². The Kier molecular flexibility index (Phi) is 8.34. The molecule has 1 heterocycles. The topological polar surface area (TPSA) is 165 Å². The van der Waals surface area contributed by atoms with Crippen molar-refractivity contribution in [3.8, 4) is 0 Å². The zero-order valence-electron chi connectivity index (χ0n) is 16.0. The molecule has 1 N–H and O–H groups in total. The summed E-state index contributed by atoms with van der Waals surface area (Å²) >= 11 is 5.21. The van der Waals surface area contributed by atoms with E-state index in [0.29, 0.717) is 56.6 Å². The minimum atomic E-state index is -1.48. The zero-order valence-corrected chi connectivity index (χ0v) is 17.7. The number of hydrogen-bond acceptors (Lipinski definition) is 12. The summed E-state index contributed by atoms with van der Waals surface area (Å²) in [5.41, 5.74) is -2.28. The Balaban J connectivity index is 2.46. The third kappa shape index (κ3) is 5.55. The van der Waals surface area contributed by atoms with Crippen LogP contribution in [0.4, 0.5) is 17.1 Å². The van der Waals surface area contributed by atoms with Crippen LogP contribution in [0.5, 0.6) is 0 Å². The molecule has 0 spiro atoms. The van der Waals surface area contributed by atoms with Crippen molar-refractivity contribution in [2.75, 3.05) is 45.9 Å². The lowest BCUT2D eigenvalue weighted by Crippen LogP contribution is -2.54. The highest BCUT2D eigenvalue weighted by Crippen LogP contribution is 2.49. The van der Waals surface area contributed by atoms with Gasteiger partial charge in [0.2, 0.25) is 4.39 Å². The molecule has 30 heavy (non-hydrogen) atoms. The number of nitro benzene ring substituents is 3. The number of piperazine rings is 1. The molecule has 15 heteroatoms. The van der Waals surface area contributed by atoms with E-state index in [1.54, 1.807) is 11.8 Å². The minimum absolute atomic E-state index is 0.00735. The molecule has 1 fully saturated rings. The maximum absolute atomic E-state index is 11.5. The van der Waals surface area contributed by atoms with Crippen molar-refractivity contribution in [2.45, 2.75) is 16.2 Å². The van der Waals surface area contributed by atoms with Crippen LogP contribution in [0.15, 0.2) is 17.0 Å². The monoisotopic (exact) mass is 463 g/mol. The Morgan fingerprint density at radius 1 is 1.10 bits per heavy atom. The maximum atomic E-state index is 11.5. The Hall–Kier alpha value is -2.04. The molecule has 0 saturated carbocycles. The molecule has 0 aromatic heterocycles. The van der Waals surface area contributed by atoms with Gasteiger partial charge in [0, 0.05) is 39.3 Å². The smallest absolute Gasteiger partial charge is 0.296 e. The molecule has 13 nitrogen and oxygen atoms in total. The third-order valence-electron chi connectivity index (χ3n) is 4.39. The molecule has 0 aliphatic carbocycles. The second-order valence-electron chi connectivity index (χ2n) is 6.22. The van der Waals surface area contributed by atoms with Crippen molar-refractivity contribution in [1.82, 2.24) is 9.80 Å². The molecular formula is C15H21N5O8S2. The molecule has 1 aromatic carbocycles. The summed E-state index contributed by atoms with van der Waals surface area (Å²) in [5, 5.41) is 43.2. The number of thioether (sulfide) groups is 1. The Labute approximate surface area is 180 Å². The Morgan fingerprint density at radius 3 is 2.03 bits per heavy atom. The van der Waals surface area contributed by atoms with Crippen LogP contribution in [0.25, 0.3) is 0 Å². The normalized spacial score (nSPS) is 17.4. The van der Waals surface area contributed by atoms with Gasteiger partial charge in [-0.2, -0.15) is 0 Å². The molecule has 166 valence electrons. The first kappa shape index (κ1) is 24.2. The highest BCUT2D eigenvalue weighted by atomic mass is 32.2. The second-order valence-corrected chi connectivity index (χ2v) is 8.29. The molecule has 1 atom stereocenters. The molecule has 1 aromatic rings. The van der Waals surface area contributed by atoms with Crippen molar-refractivity contribution in [1.29, 1.82) is 0 Å². The summed E-state index contributed by atoms with van der Waals surface area (Å²) < 4.78 is 4.24. The van der Waals surface area contributed by atoms with Gasteiger partial charge in [-0.1, -0.05) is 0 Å². The summed E-state index contributed by atoms with van der Waals surface area (Å²) in [6.45, 7) is 4.37. The quantitative estimate of drug-likeness (QED) is 0.170. The number of nitrogens with zero attached hydrogens (tertiary/aromatic N) is 5. The van der Waals surface area contributed by atoms with E-state index in [4.69, 9.17) is 9.84 Å². The number of hydrogen-bond donors (Lipinski definition) is 2. The number of benzene rings is 1. The predicted octanol–water partition coefficient (Wildman–Crippen LogP) is 1.69. The van der Waals surface area contributed by atoms with E-state index >= 15 is 0 Å². The highest BCUT2D eigenvalue weighted by molar-refractivity contribution is 8.11. The third-order valence-corrected chi connectivity index (χ3v) is 6.34. The number of aliphatic hydroxyl groups excluding tert-OH is 1. The molecule has 2 rings (SSSR count). The van der Waals surface area contributed by atoms with Gasteiger partial charge < -0.3 is 9.84 Å². The largest absolute Gasteiger partial charge is 0.395 e. The number of β-amino-alcohol motifs (C(OH)–C–C–N with tert-alkyl or cyclic N) is 1. The second kappa shape index (κ2) is 10.3. The maximum Gasteiger partial charge on any atom is 0.296 e. The molecule has 1 aliphatic rings. The van der Waals surface area contributed by atoms with Crippen LogP contribution in [0.2, 0.25) is 0 Å². The molecule has 1 unspecified atom stereocenters. The van der Waals surface area contributed by atoms with E-state index < -0.39 is 36.2 Å². The van der Waals surface area contributed by atoms with Gasteiger partial charge in [-0.15, -0.1) is 12.6 Å². The average Bonchev–Trinajstić information content (AvgIpc) is 2.68. The lowest BCUT2D eigenvalue weighted by Gasteiger charge is -2.43. The number of rotatable bonds is 10. The summed E-state index contributed by atoms with van der Waals surface area (Å²) in [6, 6.07) is 1.38. The van der Waals surface area contributed by atoms with Crippen LogP contribution in [0, 0.1) is 30.3 Å². The highest BCUT2D eigenvalue weighted by Gasteiger charge is 2.42. The zero-order chi connectivity index (χ0) is 22.5. The first-order valence-electron chi connectivity index (χ1n) is 8.87. The van der Waals surface area contributed by atoms with Crippen molar-refractivity contribution in [3.05, 3.63) is 42.5 Å². The van der Waals surface area contributed by atoms with Crippen LogP contribution in [-0.2, 0) is 4.74 Å². The van der Waals surface area contributed by atoms with Crippen LogP contribution in [0.1, 0.15) is 6.92 Å². The Morgan fingerprint density at radius 2 is 1.63 bits per heavy atom. The number of non-ortho nitro benzene ring substituents is 1. The van der Waals surface area contributed by atoms with Gasteiger partial charge in [0.15, 0.2) is 4.90 Å². The van der Waals surface area contributed by atoms with Crippen LogP contribution < -0.4 is 0 Å². The van der Waals surface area contributed by atoms with Crippen LogP contribution in [0.3, 0.4) is 0 Å². The molecule has 0 bridgehead atoms. The van der Waals surface area contributed by atoms with Crippen molar-refractivity contribution in [3.63, 3.8) is 0 Å². The van der Waals surface area contributed by atoms with Gasteiger partial charge in [-0.25, -0.2) is 0 Å². The SMILES string of the molecule is CCOC(S)(Sc1c([N+](=O)[O-])cc([N+](=O)[O-])cc1[N+](=O)[O-])N1CCN(CCO)CC1. The molecular weight excluding hydrogens is 442 g/mol. The van der Waals surface area contributed by atoms with E-state index in [0.717, 1.165) is 0 Å². The summed E-state index contributed by atoms with van der Waals surface area (Å²) in [6.07, 6.45) is 0. The van der Waals surface area contributed by atoms with E-state index in [1.165, 1.54) is 0 Å². The summed E-state index contributed by atoms with van der Waals surface area (Å²) in [7, 11) is 0. The fourth-order valence-corrected chi connectivity index (χ4v) is 4.80. The molecule has 1 saturated heterocycles. The van der Waals surface area contributed by atoms with Crippen molar-refractivity contribution in [2.24, 2.45) is 0 Å². The summed E-state index contributed by atoms with van der Waals surface area (Å²) in [4.78, 5) is 34.8. The number of thiol groups is 1. The lowest BCUT2D eigenvalue weighted by atomic mass is 10.2. The van der Waals surface area contributed by atoms with Crippen LogP contribution >= 0.6 is 24.4 Å².